The number of thioether (sulfide) groups is 1. The normalized spacial score (nSPS) is 32.1. The second-order valence-corrected chi connectivity index (χ2v) is 9.16. The van der Waals surface area contributed by atoms with Crippen LogP contribution in [0.1, 0.15) is 32.3 Å². The number of rotatable bonds is 5. The summed E-state index contributed by atoms with van der Waals surface area (Å²) in [7, 11) is 0. The Bertz CT molecular complexity index is 863. The third-order valence-corrected chi connectivity index (χ3v) is 7.36. The van der Waals surface area contributed by atoms with Crippen LogP contribution in [-0.2, 0) is 19.9 Å². The first-order chi connectivity index (χ1) is 13.4. The molecule has 150 valence electrons. The fraction of sp³-hybridized carbons (Fsp3) is 0.550. The number of hydrogen-bond donors (Lipinski definition) is 2. The fourth-order valence-corrected chi connectivity index (χ4v) is 5.64. The maximum Gasteiger partial charge on any atom is 0.250 e. The van der Waals surface area contributed by atoms with E-state index in [4.69, 9.17) is 11.6 Å². The molecule has 3 heterocycles. The van der Waals surface area contributed by atoms with Gasteiger partial charge in [-0.25, -0.2) is 0 Å². The van der Waals surface area contributed by atoms with Crippen molar-refractivity contribution in [1.29, 1.82) is 0 Å². The van der Waals surface area contributed by atoms with Crippen LogP contribution in [0.3, 0.4) is 0 Å². The Hall–Kier alpha value is -1.57. The zero-order valence-electron chi connectivity index (χ0n) is 16.1. The minimum atomic E-state index is -1.25. The molecule has 1 aromatic rings. The highest BCUT2D eigenvalue weighted by molar-refractivity contribution is 7.98. The van der Waals surface area contributed by atoms with Gasteiger partial charge in [0, 0.05) is 17.6 Å². The Morgan fingerprint density at radius 2 is 2.04 bits per heavy atom. The average molecular weight is 422 g/mol. The SMILES string of the molecule is CC[C@H](C)N1C(=O)[C@@H]2[C@H](CCSC)N[C@]3(C(=O)Nc4c(Cl)cccc43)[C@H]2C1=O. The van der Waals surface area contributed by atoms with E-state index in [-0.39, 0.29) is 29.8 Å². The van der Waals surface area contributed by atoms with Gasteiger partial charge in [0.25, 0.3) is 0 Å². The van der Waals surface area contributed by atoms with Gasteiger partial charge in [-0.3, -0.25) is 24.6 Å². The van der Waals surface area contributed by atoms with Crippen LogP contribution in [0.25, 0.3) is 0 Å². The van der Waals surface area contributed by atoms with E-state index in [1.807, 2.05) is 26.2 Å². The van der Waals surface area contributed by atoms with Gasteiger partial charge in [0.2, 0.25) is 17.7 Å². The zero-order chi connectivity index (χ0) is 20.2. The van der Waals surface area contributed by atoms with E-state index in [1.165, 1.54) is 4.90 Å². The van der Waals surface area contributed by atoms with Crippen LogP contribution in [0, 0.1) is 11.8 Å². The summed E-state index contributed by atoms with van der Waals surface area (Å²) in [6.45, 7) is 3.84. The van der Waals surface area contributed by atoms with Crippen molar-refractivity contribution in [2.24, 2.45) is 11.8 Å². The number of para-hydroxylation sites is 1. The van der Waals surface area contributed by atoms with E-state index in [0.717, 1.165) is 5.75 Å². The lowest BCUT2D eigenvalue weighted by atomic mass is 9.76. The molecule has 3 aliphatic rings. The highest BCUT2D eigenvalue weighted by atomic mass is 35.5. The number of amides is 3. The van der Waals surface area contributed by atoms with Crippen molar-refractivity contribution in [1.82, 2.24) is 10.2 Å². The Kier molecular flexibility index (Phi) is 4.96. The molecule has 3 aliphatic heterocycles. The van der Waals surface area contributed by atoms with Crippen molar-refractivity contribution in [2.75, 3.05) is 17.3 Å². The Labute approximate surface area is 173 Å². The van der Waals surface area contributed by atoms with E-state index >= 15 is 0 Å². The number of likely N-dealkylation sites (tertiary alicyclic amines) is 1. The molecule has 2 N–H and O–H groups in total. The lowest BCUT2D eigenvalue weighted by Crippen LogP contribution is -2.54. The minimum Gasteiger partial charge on any atom is -0.323 e. The summed E-state index contributed by atoms with van der Waals surface area (Å²) < 4.78 is 0. The average Bonchev–Trinajstić information content (AvgIpc) is 3.26. The summed E-state index contributed by atoms with van der Waals surface area (Å²) in [6.07, 6.45) is 3.40. The van der Waals surface area contributed by atoms with E-state index in [9.17, 15) is 14.4 Å². The minimum absolute atomic E-state index is 0.164. The number of nitrogens with zero attached hydrogens (tertiary/aromatic N) is 1. The summed E-state index contributed by atoms with van der Waals surface area (Å²) in [5, 5.41) is 6.72. The van der Waals surface area contributed by atoms with Crippen LogP contribution in [0.5, 0.6) is 0 Å². The lowest BCUT2D eigenvalue weighted by molar-refractivity contribution is -0.145. The topological polar surface area (TPSA) is 78.5 Å². The first-order valence-electron chi connectivity index (χ1n) is 9.62. The van der Waals surface area contributed by atoms with Gasteiger partial charge in [0.15, 0.2) is 0 Å². The van der Waals surface area contributed by atoms with E-state index < -0.39 is 17.4 Å². The number of halogens is 1. The van der Waals surface area contributed by atoms with Gasteiger partial charge < -0.3 is 5.32 Å². The molecule has 2 fully saturated rings. The first kappa shape index (κ1) is 19.7. The summed E-state index contributed by atoms with van der Waals surface area (Å²) in [6, 6.07) is 4.89. The van der Waals surface area contributed by atoms with Crippen molar-refractivity contribution in [3.05, 3.63) is 28.8 Å². The fourth-order valence-electron chi connectivity index (χ4n) is 4.93. The second-order valence-electron chi connectivity index (χ2n) is 7.76. The Balaban J connectivity index is 1.86. The molecule has 8 heteroatoms. The van der Waals surface area contributed by atoms with Crippen molar-refractivity contribution in [2.45, 2.75) is 44.3 Å². The molecule has 0 radical (unpaired) electrons. The molecule has 28 heavy (non-hydrogen) atoms. The summed E-state index contributed by atoms with van der Waals surface area (Å²) >= 11 is 8.00. The Morgan fingerprint density at radius 3 is 2.71 bits per heavy atom. The molecule has 0 saturated carbocycles. The molecule has 0 aliphatic carbocycles. The third-order valence-electron chi connectivity index (χ3n) is 6.40. The van der Waals surface area contributed by atoms with Crippen molar-refractivity contribution < 1.29 is 14.4 Å². The molecule has 1 aromatic carbocycles. The van der Waals surface area contributed by atoms with Gasteiger partial charge in [0.1, 0.15) is 5.54 Å². The molecule has 2 saturated heterocycles. The molecular formula is C20H24ClN3O3S. The zero-order valence-corrected chi connectivity index (χ0v) is 17.7. The van der Waals surface area contributed by atoms with Gasteiger partial charge in [-0.1, -0.05) is 30.7 Å². The van der Waals surface area contributed by atoms with Crippen LogP contribution in [0.2, 0.25) is 5.02 Å². The highest BCUT2D eigenvalue weighted by Crippen LogP contribution is 2.54. The summed E-state index contributed by atoms with van der Waals surface area (Å²) in [5.41, 5.74) is -0.0462. The predicted molar refractivity (Wildman–Crippen MR) is 110 cm³/mol. The molecule has 3 amide bonds. The van der Waals surface area contributed by atoms with Gasteiger partial charge >= 0.3 is 0 Å². The maximum atomic E-state index is 13.5. The monoisotopic (exact) mass is 421 g/mol. The van der Waals surface area contributed by atoms with Gasteiger partial charge in [-0.2, -0.15) is 11.8 Å². The second kappa shape index (κ2) is 7.04. The molecule has 0 unspecified atom stereocenters. The number of imide groups is 1. The smallest absolute Gasteiger partial charge is 0.250 e. The van der Waals surface area contributed by atoms with Crippen LogP contribution >= 0.6 is 23.4 Å². The number of nitrogens with one attached hydrogen (secondary N) is 2. The molecule has 4 rings (SSSR count). The van der Waals surface area contributed by atoms with E-state index in [0.29, 0.717) is 29.1 Å². The highest BCUT2D eigenvalue weighted by Gasteiger charge is 2.70. The van der Waals surface area contributed by atoms with Crippen molar-refractivity contribution in [3.63, 3.8) is 0 Å². The number of carbonyl (C=O) groups excluding carboxylic acids is 3. The number of fused-ring (bicyclic) bond motifs is 4. The molecular weight excluding hydrogens is 398 g/mol. The third kappa shape index (κ3) is 2.49. The van der Waals surface area contributed by atoms with Gasteiger partial charge in [0.05, 0.1) is 22.5 Å². The molecule has 1 spiro atoms. The van der Waals surface area contributed by atoms with Crippen LogP contribution in [0.15, 0.2) is 18.2 Å². The van der Waals surface area contributed by atoms with E-state index in [1.54, 1.807) is 23.9 Å². The van der Waals surface area contributed by atoms with Crippen LogP contribution in [-0.4, -0.2) is 46.7 Å². The summed E-state index contributed by atoms with van der Waals surface area (Å²) in [4.78, 5) is 41.4. The van der Waals surface area contributed by atoms with Crippen molar-refractivity contribution in [3.8, 4) is 0 Å². The quantitative estimate of drug-likeness (QED) is 0.714. The molecule has 6 nitrogen and oxygen atoms in total. The largest absolute Gasteiger partial charge is 0.323 e. The standard InChI is InChI=1S/C20H24ClN3O3S/c1-4-10(2)24-17(25)14-13(8-9-28-3)23-20(15(14)18(24)26)11-6-5-7-12(21)16(11)22-19(20)27/h5-7,10,13-15,23H,4,8-9H2,1-3H3,(H,22,27)/t10-,13-,14+,15+,20-/m0/s1. The van der Waals surface area contributed by atoms with Crippen molar-refractivity contribution >= 4 is 46.8 Å². The molecule has 0 bridgehead atoms. The van der Waals surface area contributed by atoms with Crippen LogP contribution in [0.4, 0.5) is 5.69 Å². The predicted octanol–water partition coefficient (Wildman–Crippen LogP) is 2.61. The Morgan fingerprint density at radius 1 is 1.29 bits per heavy atom. The molecule has 0 aromatic heterocycles. The summed E-state index contributed by atoms with van der Waals surface area (Å²) in [5.74, 6) is -1.17. The molecule has 5 atom stereocenters. The van der Waals surface area contributed by atoms with Crippen LogP contribution < -0.4 is 10.6 Å². The number of hydrogen-bond acceptors (Lipinski definition) is 5. The van der Waals surface area contributed by atoms with E-state index in [2.05, 4.69) is 10.6 Å². The maximum absolute atomic E-state index is 13.5. The number of carbonyl (C=O) groups is 3. The number of benzene rings is 1. The van der Waals surface area contributed by atoms with Gasteiger partial charge in [-0.15, -0.1) is 0 Å². The number of anilines is 1. The lowest BCUT2D eigenvalue weighted by Gasteiger charge is -2.31. The first-order valence-corrected chi connectivity index (χ1v) is 11.4. The van der Waals surface area contributed by atoms with Gasteiger partial charge in [-0.05, 0) is 37.8 Å².